The van der Waals surface area contributed by atoms with Crippen molar-refractivity contribution in [2.45, 2.75) is 71.1 Å². The zero-order valence-corrected chi connectivity index (χ0v) is 12.1. The van der Waals surface area contributed by atoms with E-state index in [9.17, 15) is 4.79 Å². The second-order valence-electron chi connectivity index (χ2n) is 5.09. The van der Waals surface area contributed by atoms with Gasteiger partial charge in [0.25, 0.3) is 0 Å². The van der Waals surface area contributed by atoms with Gasteiger partial charge in [0, 0.05) is 18.7 Å². The molecule has 0 aliphatic rings. The van der Waals surface area contributed by atoms with E-state index < -0.39 is 0 Å². The Bertz CT molecular complexity index is 319. The van der Waals surface area contributed by atoms with Gasteiger partial charge in [-0.15, -0.1) is 0 Å². The summed E-state index contributed by atoms with van der Waals surface area (Å²) in [5, 5.41) is 0. The quantitative estimate of drug-likeness (QED) is 0.459. The van der Waals surface area contributed by atoms with Crippen LogP contribution in [0.1, 0.15) is 71.1 Å². The molecule has 19 heavy (non-hydrogen) atoms. The first-order valence-corrected chi connectivity index (χ1v) is 7.67. The van der Waals surface area contributed by atoms with Crippen LogP contribution >= 0.6 is 0 Å². The number of aromatic nitrogens is 1. The molecule has 0 aliphatic carbocycles. The Labute approximate surface area is 116 Å². The summed E-state index contributed by atoms with van der Waals surface area (Å²) in [5.74, 6) is 0.409. The first-order chi connectivity index (χ1) is 9.33. The van der Waals surface area contributed by atoms with Crippen molar-refractivity contribution in [1.29, 1.82) is 0 Å². The van der Waals surface area contributed by atoms with Gasteiger partial charge in [0.1, 0.15) is 0 Å². The highest BCUT2D eigenvalue weighted by Gasteiger charge is 2.04. The molecule has 0 spiro atoms. The number of carbonyl (C=O) groups is 1. The third-order valence-corrected chi connectivity index (χ3v) is 3.28. The zero-order valence-electron chi connectivity index (χ0n) is 12.1. The SMILES string of the molecule is CCCCCCCCCCCC(=O)Oc1ccc[nH]1. The lowest BCUT2D eigenvalue weighted by atomic mass is 10.1. The summed E-state index contributed by atoms with van der Waals surface area (Å²) in [6.07, 6.45) is 13.6. The molecule has 1 aromatic rings. The van der Waals surface area contributed by atoms with E-state index in [1.165, 1.54) is 44.9 Å². The smallest absolute Gasteiger partial charge is 0.312 e. The molecule has 108 valence electrons. The molecule has 1 heterocycles. The molecule has 1 rings (SSSR count). The monoisotopic (exact) mass is 265 g/mol. The van der Waals surface area contributed by atoms with Gasteiger partial charge >= 0.3 is 5.97 Å². The largest absolute Gasteiger partial charge is 0.410 e. The van der Waals surface area contributed by atoms with Gasteiger partial charge < -0.3 is 9.72 Å². The fraction of sp³-hybridized carbons (Fsp3) is 0.688. The Morgan fingerprint density at radius 2 is 1.68 bits per heavy atom. The van der Waals surface area contributed by atoms with Gasteiger partial charge in [0.05, 0.1) is 0 Å². The number of esters is 1. The summed E-state index contributed by atoms with van der Waals surface area (Å²) in [4.78, 5) is 14.3. The van der Waals surface area contributed by atoms with Crippen LogP contribution in [-0.4, -0.2) is 11.0 Å². The van der Waals surface area contributed by atoms with Crippen molar-refractivity contribution in [2.24, 2.45) is 0 Å². The minimum absolute atomic E-state index is 0.134. The average Bonchev–Trinajstić information content (AvgIpc) is 2.89. The summed E-state index contributed by atoms with van der Waals surface area (Å²) in [5.41, 5.74) is 0. The van der Waals surface area contributed by atoms with E-state index in [1.54, 1.807) is 12.3 Å². The fourth-order valence-electron chi connectivity index (χ4n) is 2.13. The summed E-state index contributed by atoms with van der Waals surface area (Å²) >= 11 is 0. The van der Waals surface area contributed by atoms with Crippen LogP contribution in [0.3, 0.4) is 0 Å². The van der Waals surface area contributed by atoms with E-state index in [4.69, 9.17) is 4.74 Å². The van der Waals surface area contributed by atoms with Gasteiger partial charge in [-0.3, -0.25) is 4.79 Å². The van der Waals surface area contributed by atoms with Gasteiger partial charge in [-0.2, -0.15) is 0 Å². The van der Waals surface area contributed by atoms with E-state index in [0.29, 0.717) is 12.3 Å². The minimum atomic E-state index is -0.134. The molecule has 0 aliphatic heterocycles. The molecule has 3 nitrogen and oxygen atoms in total. The number of nitrogens with one attached hydrogen (secondary N) is 1. The number of carbonyl (C=O) groups excluding carboxylic acids is 1. The van der Waals surface area contributed by atoms with Gasteiger partial charge in [-0.05, 0) is 12.5 Å². The van der Waals surface area contributed by atoms with Crippen LogP contribution in [0.4, 0.5) is 0 Å². The summed E-state index contributed by atoms with van der Waals surface area (Å²) in [6.45, 7) is 2.24. The Balaban J connectivity index is 1.86. The van der Waals surface area contributed by atoms with Crippen molar-refractivity contribution >= 4 is 5.97 Å². The average molecular weight is 265 g/mol. The molecule has 0 saturated carbocycles. The Morgan fingerprint density at radius 1 is 1.05 bits per heavy atom. The van der Waals surface area contributed by atoms with Crippen LogP contribution in [0.25, 0.3) is 0 Å². The van der Waals surface area contributed by atoms with E-state index in [-0.39, 0.29) is 5.97 Å². The van der Waals surface area contributed by atoms with E-state index in [1.807, 2.05) is 6.07 Å². The van der Waals surface area contributed by atoms with Crippen LogP contribution in [0, 0.1) is 0 Å². The summed E-state index contributed by atoms with van der Waals surface area (Å²) in [7, 11) is 0. The maximum atomic E-state index is 11.5. The topological polar surface area (TPSA) is 42.1 Å². The number of ether oxygens (including phenoxy) is 1. The highest BCUT2D eigenvalue weighted by Crippen LogP contribution is 2.11. The molecular formula is C16H27NO2. The first-order valence-electron chi connectivity index (χ1n) is 7.67. The van der Waals surface area contributed by atoms with Crippen LogP contribution in [0.5, 0.6) is 5.88 Å². The molecule has 0 atom stereocenters. The zero-order chi connectivity index (χ0) is 13.8. The minimum Gasteiger partial charge on any atom is -0.410 e. The van der Waals surface area contributed by atoms with Crippen molar-refractivity contribution in [3.63, 3.8) is 0 Å². The standard InChI is InChI=1S/C16H27NO2/c1-2-3-4-5-6-7-8-9-10-13-16(18)19-15-12-11-14-17-15/h11-12,14,17H,2-10,13H2,1H3. The first kappa shape index (κ1) is 15.8. The van der Waals surface area contributed by atoms with Crippen molar-refractivity contribution in [3.8, 4) is 5.88 Å². The molecule has 1 aromatic heterocycles. The van der Waals surface area contributed by atoms with E-state index in [2.05, 4.69) is 11.9 Å². The summed E-state index contributed by atoms with van der Waals surface area (Å²) in [6, 6.07) is 3.58. The van der Waals surface area contributed by atoms with Crippen molar-refractivity contribution in [3.05, 3.63) is 18.3 Å². The fourth-order valence-corrected chi connectivity index (χ4v) is 2.13. The summed E-state index contributed by atoms with van der Waals surface area (Å²) < 4.78 is 5.13. The third kappa shape index (κ3) is 8.46. The molecule has 0 unspecified atom stereocenters. The molecule has 0 radical (unpaired) electrons. The predicted octanol–water partition coefficient (Wildman–Crippen LogP) is 4.84. The second-order valence-corrected chi connectivity index (χ2v) is 5.09. The third-order valence-electron chi connectivity index (χ3n) is 3.28. The number of hydrogen-bond donors (Lipinski definition) is 1. The molecule has 1 N–H and O–H groups in total. The Kier molecular flexibility index (Phi) is 8.86. The van der Waals surface area contributed by atoms with Gasteiger partial charge in [-0.1, -0.05) is 58.3 Å². The molecular weight excluding hydrogens is 238 g/mol. The molecule has 0 fully saturated rings. The van der Waals surface area contributed by atoms with Crippen molar-refractivity contribution in [2.75, 3.05) is 0 Å². The number of rotatable bonds is 11. The van der Waals surface area contributed by atoms with Gasteiger partial charge in [0.2, 0.25) is 5.88 Å². The van der Waals surface area contributed by atoms with Crippen LogP contribution in [0.15, 0.2) is 18.3 Å². The lowest BCUT2D eigenvalue weighted by Crippen LogP contribution is -2.07. The Morgan fingerprint density at radius 3 is 2.26 bits per heavy atom. The maximum absolute atomic E-state index is 11.5. The predicted molar refractivity (Wildman–Crippen MR) is 78.3 cm³/mol. The van der Waals surface area contributed by atoms with E-state index >= 15 is 0 Å². The van der Waals surface area contributed by atoms with Crippen molar-refractivity contribution < 1.29 is 9.53 Å². The maximum Gasteiger partial charge on any atom is 0.312 e. The lowest BCUT2D eigenvalue weighted by Gasteiger charge is -2.03. The van der Waals surface area contributed by atoms with Gasteiger partial charge in [-0.25, -0.2) is 0 Å². The highest BCUT2D eigenvalue weighted by molar-refractivity contribution is 5.71. The van der Waals surface area contributed by atoms with Gasteiger partial charge in [0.15, 0.2) is 0 Å². The molecule has 0 amide bonds. The van der Waals surface area contributed by atoms with Crippen molar-refractivity contribution in [1.82, 2.24) is 4.98 Å². The van der Waals surface area contributed by atoms with Crippen LogP contribution in [0.2, 0.25) is 0 Å². The normalized spacial score (nSPS) is 10.6. The molecule has 0 saturated heterocycles. The highest BCUT2D eigenvalue weighted by atomic mass is 16.5. The number of unbranched alkanes of at least 4 members (excludes halogenated alkanes) is 8. The van der Waals surface area contributed by atoms with Crippen LogP contribution in [-0.2, 0) is 4.79 Å². The molecule has 0 bridgehead atoms. The number of H-pyrrole nitrogens is 1. The molecule has 0 aromatic carbocycles. The molecule has 3 heteroatoms. The Hall–Kier alpha value is -1.25. The second kappa shape index (κ2) is 10.7. The van der Waals surface area contributed by atoms with E-state index in [0.717, 1.165) is 12.8 Å². The number of aromatic amines is 1. The van der Waals surface area contributed by atoms with Crippen LogP contribution < -0.4 is 4.74 Å². The lowest BCUT2D eigenvalue weighted by molar-refractivity contribution is -0.134. The number of hydrogen-bond acceptors (Lipinski definition) is 2.